The number of carbonyl (C=O) groups excluding carboxylic acids is 5. The maximum Gasteiger partial charge on any atom is 0.408 e. The van der Waals surface area contributed by atoms with Gasteiger partial charge >= 0.3 is 6.09 Å². The minimum atomic E-state index is -0.989. The average molecular weight is 640 g/mol. The number of rotatable bonds is 8. The Labute approximate surface area is 268 Å². The molecule has 3 N–H and O–H groups in total. The topological polar surface area (TPSA) is 147 Å². The van der Waals surface area contributed by atoms with E-state index in [1.54, 1.807) is 25.7 Å². The Bertz CT molecular complexity index is 1460. The van der Waals surface area contributed by atoms with E-state index in [9.17, 15) is 24.0 Å². The molecule has 11 nitrogen and oxygen atoms in total. The molecular weight excluding hydrogens is 594 g/mol. The van der Waals surface area contributed by atoms with Gasteiger partial charge in [0.05, 0.1) is 16.3 Å². The number of ketones is 1. The number of hydrogen-bond donors (Lipinski definition) is 3. The number of thiazole rings is 1. The smallest absolute Gasteiger partial charge is 0.408 e. The van der Waals surface area contributed by atoms with E-state index in [-0.39, 0.29) is 46.9 Å². The summed E-state index contributed by atoms with van der Waals surface area (Å²) in [6.07, 6.45) is 1.42. The summed E-state index contributed by atoms with van der Waals surface area (Å²) in [6.45, 7) is 13.4. The Balaban J connectivity index is 1.42. The van der Waals surface area contributed by atoms with Crippen molar-refractivity contribution in [2.75, 3.05) is 6.54 Å². The second-order valence-corrected chi connectivity index (χ2v) is 15.9. The number of amides is 4. The van der Waals surface area contributed by atoms with Gasteiger partial charge in [0.2, 0.25) is 23.5 Å². The number of likely N-dealkylation sites (tertiary alicyclic amines) is 1. The fourth-order valence-corrected chi connectivity index (χ4v) is 7.94. The van der Waals surface area contributed by atoms with Gasteiger partial charge in [-0.1, -0.05) is 39.8 Å². The van der Waals surface area contributed by atoms with E-state index >= 15 is 0 Å². The number of alkyl carbamates (subject to hydrolysis) is 1. The van der Waals surface area contributed by atoms with Gasteiger partial charge in [0, 0.05) is 18.5 Å². The predicted octanol–water partition coefficient (Wildman–Crippen LogP) is 4.05. The van der Waals surface area contributed by atoms with Crippen molar-refractivity contribution in [3.63, 3.8) is 0 Å². The van der Waals surface area contributed by atoms with Crippen LogP contribution in [0.25, 0.3) is 10.2 Å². The third-order valence-electron chi connectivity index (χ3n) is 9.14. The van der Waals surface area contributed by atoms with Crippen LogP contribution in [0.2, 0.25) is 0 Å². The van der Waals surface area contributed by atoms with Crippen molar-refractivity contribution in [3.05, 3.63) is 29.3 Å². The zero-order chi connectivity index (χ0) is 32.8. The summed E-state index contributed by atoms with van der Waals surface area (Å²) < 4.78 is 6.32. The Morgan fingerprint density at radius 1 is 1.09 bits per heavy atom. The Kier molecular flexibility index (Phi) is 9.00. The number of Topliss-reactive ketones (excluding diaryl/α,β-unsaturated/α-hetero) is 1. The quantitative estimate of drug-likeness (QED) is 0.369. The summed E-state index contributed by atoms with van der Waals surface area (Å²) in [5.74, 6) is -1.60. The SMILES string of the molecule is C[C@H]1C[C@@H]2C[C@H]1[C@@H](C(=O)N[C@@H](C[C@@H]1CCNC1=O)C(=O)c1nc3ccccc3s1)N2C(=O)[C@@H](NC(=O)OC(C)(C)C)C(C)(C)C. The van der Waals surface area contributed by atoms with Gasteiger partial charge in [-0.2, -0.15) is 0 Å². The number of benzene rings is 1. The van der Waals surface area contributed by atoms with E-state index in [1.807, 2.05) is 45.0 Å². The van der Waals surface area contributed by atoms with Crippen LogP contribution in [0, 0.1) is 23.2 Å². The molecule has 4 amide bonds. The lowest BCUT2D eigenvalue weighted by atomic mass is 9.83. The van der Waals surface area contributed by atoms with Gasteiger partial charge in [-0.25, -0.2) is 9.78 Å². The normalized spacial score (nSPS) is 26.0. The van der Waals surface area contributed by atoms with Crippen LogP contribution in [0.4, 0.5) is 4.79 Å². The van der Waals surface area contributed by atoms with Crippen LogP contribution in [-0.2, 0) is 19.1 Å². The first-order chi connectivity index (χ1) is 21.0. The molecule has 1 aromatic carbocycles. The number of aromatic nitrogens is 1. The van der Waals surface area contributed by atoms with E-state index in [1.165, 1.54) is 11.3 Å². The van der Waals surface area contributed by atoms with E-state index < -0.39 is 47.1 Å². The Morgan fingerprint density at radius 3 is 2.42 bits per heavy atom. The zero-order valence-electron chi connectivity index (χ0n) is 27.1. The molecule has 244 valence electrons. The molecule has 5 rings (SSSR count). The van der Waals surface area contributed by atoms with E-state index in [0.29, 0.717) is 24.9 Å². The second-order valence-electron chi connectivity index (χ2n) is 14.8. The molecule has 0 spiro atoms. The highest BCUT2D eigenvalue weighted by molar-refractivity contribution is 7.20. The first kappa shape index (κ1) is 32.8. The molecule has 2 bridgehead atoms. The number of nitrogens with zero attached hydrogens (tertiary/aromatic N) is 2. The van der Waals surface area contributed by atoms with Crippen LogP contribution in [-0.4, -0.2) is 75.8 Å². The standard InChI is InChI=1S/C33H45N5O6S/c1-17-14-19-16-20(17)24(38(19)30(42)26(32(2,3)4)37-31(43)44-33(5,6)7)28(41)35-22(15-18-12-13-34-27(18)40)25(39)29-36-21-10-8-9-11-23(21)45-29/h8-11,17-20,22,24,26H,12-16H2,1-7H3,(H,34,40)(H,35,41)(H,37,43)/t17-,18-,19+,20+,22-,24-,26+/m0/s1. The van der Waals surface area contributed by atoms with Gasteiger partial charge in [-0.3, -0.25) is 19.2 Å². The molecule has 3 aliphatic rings. The van der Waals surface area contributed by atoms with Crippen molar-refractivity contribution in [1.29, 1.82) is 0 Å². The van der Waals surface area contributed by atoms with E-state index in [0.717, 1.165) is 11.1 Å². The van der Waals surface area contributed by atoms with E-state index in [2.05, 4.69) is 27.9 Å². The van der Waals surface area contributed by atoms with Crippen LogP contribution in [0.1, 0.15) is 84.0 Å². The summed E-state index contributed by atoms with van der Waals surface area (Å²) in [6, 6.07) is 4.52. The summed E-state index contributed by atoms with van der Waals surface area (Å²) in [7, 11) is 0. The number of piperidine rings is 1. The van der Waals surface area contributed by atoms with Crippen LogP contribution < -0.4 is 16.0 Å². The highest BCUT2D eigenvalue weighted by Crippen LogP contribution is 2.47. The van der Waals surface area contributed by atoms with Crippen molar-refractivity contribution in [3.8, 4) is 0 Å². The van der Waals surface area contributed by atoms with Crippen LogP contribution in [0.3, 0.4) is 0 Å². The molecule has 0 radical (unpaired) electrons. The van der Waals surface area contributed by atoms with Crippen LogP contribution >= 0.6 is 11.3 Å². The second kappa shape index (κ2) is 12.3. The molecule has 1 aromatic heterocycles. The van der Waals surface area contributed by atoms with Crippen molar-refractivity contribution in [2.24, 2.45) is 23.2 Å². The molecule has 2 saturated heterocycles. The number of hydrogen-bond acceptors (Lipinski definition) is 8. The van der Waals surface area contributed by atoms with Gasteiger partial charge in [-0.05, 0) is 75.8 Å². The zero-order valence-corrected chi connectivity index (χ0v) is 28.0. The van der Waals surface area contributed by atoms with Gasteiger partial charge in [0.1, 0.15) is 17.7 Å². The molecule has 45 heavy (non-hydrogen) atoms. The maximum atomic E-state index is 14.3. The molecule has 3 fully saturated rings. The van der Waals surface area contributed by atoms with Crippen molar-refractivity contribution >= 4 is 51.2 Å². The summed E-state index contributed by atoms with van der Waals surface area (Å²) in [5.41, 5.74) is -0.732. The van der Waals surface area contributed by atoms with Crippen molar-refractivity contribution in [2.45, 2.75) is 104 Å². The highest BCUT2D eigenvalue weighted by atomic mass is 32.1. The largest absolute Gasteiger partial charge is 0.444 e. The van der Waals surface area contributed by atoms with Crippen LogP contribution in [0.5, 0.6) is 0 Å². The molecule has 12 heteroatoms. The Hall–Kier alpha value is -3.54. The maximum absolute atomic E-state index is 14.3. The molecule has 0 unspecified atom stereocenters. The monoisotopic (exact) mass is 639 g/mol. The molecule has 1 aliphatic carbocycles. The number of para-hydroxylation sites is 1. The van der Waals surface area contributed by atoms with Crippen LogP contribution in [0.15, 0.2) is 24.3 Å². The molecule has 2 aliphatic heterocycles. The summed E-state index contributed by atoms with van der Waals surface area (Å²) in [5, 5.41) is 8.84. The average Bonchev–Trinajstić information content (AvgIpc) is 3.72. The predicted molar refractivity (Wildman–Crippen MR) is 171 cm³/mol. The van der Waals surface area contributed by atoms with Crippen molar-refractivity contribution in [1.82, 2.24) is 25.8 Å². The number of carbonyl (C=O) groups is 5. The molecule has 2 aromatic rings. The lowest BCUT2D eigenvalue weighted by molar-refractivity contribution is -0.147. The lowest BCUT2D eigenvalue weighted by Crippen LogP contribution is -2.62. The number of nitrogens with one attached hydrogen (secondary N) is 3. The lowest BCUT2D eigenvalue weighted by Gasteiger charge is -2.42. The number of fused-ring (bicyclic) bond motifs is 3. The van der Waals surface area contributed by atoms with Gasteiger partial charge in [0.15, 0.2) is 5.01 Å². The summed E-state index contributed by atoms with van der Waals surface area (Å²) in [4.78, 5) is 74.0. The minimum Gasteiger partial charge on any atom is -0.444 e. The van der Waals surface area contributed by atoms with Gasteiger partial charge in [0.25, 0.3) is 0 Å². The first-order valence-electron chi connectivity index (χ1n) is 15.8. The molecule has 3 heterocycles. The summed E-state index contributed by atoms with van der Waals surface area (Å²) >= 11 is 1.26. The minimum absolute atomic E-state index is 0.103. The first-order valence-corrected chi connectivity index (χ1v) is 16.6. The number of ether oxygens (including phenoxy) is 1. The fraction of sp³-hybridized carbons (Fsp3) is 0.636. The third-order valence-corrected chi connectivity index (χ3v) is 10.2. The van der Waals surface area contributed by atoms with Gasteiger partial charge < -0.3 is 25.6 Å². The van der Waals surface area contributed by atoms with Crippen molar-refractivity contribution < 1.29 is 28.7 Å². The molecule has 7 atom stereocenters. The highest BCUT2D eigenvalue weighted by Gasteiger charge is 2.56. The molecular formula is C33H45N5O6S. The van der Waals surface area contributed by atoms with Gasteiger partial charge in [-0.15, -0.1) is 11.3 Å². The molecule has 1 saturated carbocycles. The third kappa shape index (κ3) is 7.00. The Morgan fingerprint density at radius 2 is 1.80 bits per heavy atom. The van der Waals surface area contributed by atoms with E-state index in [4.69, 9.17) is 4.74 Å². The fourth-order valence-electron chi connectivity index (χ4n) is 6.98.